The Kier molecular flexibility index (Phi) is 6.81. The third-order valence-corrected chi connectivity index (χ3v) is 4.42. The van der Waals surface area contributed by atoms with Gasteiger partial charge in [0.1, 0.15) is 18.2 Å². The molecule has 0 amide bonds. The number of nitrogens with zero attached hydrogens (tertiary/aromatic N) is 1. The van der Waals surface area contributed by atoms with E-state index in [1.54, 1.807) is 6.07 Å². The molecular weight excluding hydrogens is 426 g/mol. The maximum absolute atomic E-state index is 12.4. The van der Waals surface area contributed by atoms with Crippen LogP contribution in [0, 0.1) is 0 Å². The Morgan fingerprint density at radius 3 is 2.19 bits per heavy atom. The van der Waals surface area contributed by atoms with Crippen molar-refractivity contribution >= 4 is 39.5 Å². The lowest BCUT2D eigenvalue weighted by atomic mass is 10.1. The molecule has 0 fully saturated rings. The van der Waals surface area contributed by atoms with Crippen LogP contribution in [-0.4, -0.2) is 59.7 Å². The fraction of sp³-hybridized carbons (Fsp3) is 0.353. The fourth-order valence-electron chi connectivity index (χ4n) is 2.53. The van der Waals surface area contributed by atoms with Crippen LogP contribution in [0.3, 0.4) is 0 Å². The monoisotopic (exact) mass is 443 g/mol. The molecule has 1 aliphatic rings. The number of methoxy groups -OCH3 is 4. The molecule has 0 saturated heterocycles. The van der Waals surface area contributed by atoms with E-state index in [9.17, 15) is 14.4 Å². The highest BCUT2D eigenvalue weighted by Gasteiger charge is 2.34. The minimum atomic E-state index is -0.776. The van der Waals surface area contributed by atoms with Gasteiger partial charge in [-0.05, 0) is 28.1 Å². The second kappa shape index (κ2) is 8.87. The Morgan fingerprint density at radius 1 is 1.00 bits per heavy atom. The molecule has 0 radical (unpaired) electrons. The minimum Gasteiger partial charge on any atom is -0.496 e. The van der Waals surface area contributed by atoms with Crippen molar-refractivity contribution in [1.82, 2.24) is 0 Å². The Hall–Kier alpha value is -2.59. The third kappa shape index (κ3) is 4.06. The highest BCUT2D eigenvalue weighted by molar-refractivity contribution is 9.10. The Bertz CT molecular complexity index is 804. The summed E-state index contributed by atoms with van der Waals surface area (Å²) in [6.07, 6.45) is 0. The van der Waals surface area contributed by atoms with E-state index >= 15 is 0 Å². The second-order valence-electron chi connectivity index (χ2n) is 5.21. The molecule has 0 bridgehead atoms. The van der Waals surface area contributed by atoms with Gasteiger partial charge in [0.25, 0.3) is 0 Å². The van der Waals surface area contributed by atoms with E-state index in [0.717, 1.165) is 0 Å². The van der Waals surface area contributed by atoms with Gasteiger partial charge in [-0.15, -0.1) is 0 Å². The molecule has 1 heterocycles. The average molecular weight is 444 g/mol. The average Bonchev–Trinajstić information content (AvgIpc) is 2.71. The Labute approximate surface area is 163 Å². The van der Waals surface area contributed by atoms with Crippen LogP contribution in [0.4, 0.5) is 5.69 Å². The van der Waals surface area contributed by atoms with Crippen LogP contribution in [0.25, 0.3) is 0 Å². The molecule has 0 unspecified atom stereocenters. The summed E-state index contributed by atoms with van der Waals surface area (Å²) >= 11 is 3.34. The van der Waals surface area contributed by atoms with Crippen LogP contribution in [0.2, 0.25) is 0 Å². The summed E-state index contributed by atoms with van der Waals surface area (Å²) in [7, 11) is 5.04. The number of carbonyl (C=O) groups excluding carboxylic acids is 3. The molecule has 0 saturated carbocycles. The van der Waals surface area contributed by atoms with E-state index in [0.29, 0.717) is 10.2 Å². The quantitative estimate of drug-likeness (QED) is 0.496. The van der Waals surface area contributed by atoms with Crippen molar-refractivity contribution in [2.24, 2.45) is 0 Å². The molecule has 0 atom stereocenters. The highest BCUT2D eigenvalue weighted by Crippen LogP contribution is 2.37. The van der Waals surface area contributed by atoms with Crippen molar-refractivity contribution in [1.29, 1.82) is 0 Å². The maximum atomic E-state index is 12.4. The topological polar surface area (TPSA) is 101 Å². The molecule has 0 N–H and O–H groups in total. The van der Waals surface area contributed by atoms with Crippen LogP contribution >= 0.6 is 15.9 Å². The largest absolute Gasteiger partial charge is 0.496 e. The number of hydrogen-bond donors (Lipinski definition) is 0. The number of halogens is 1. The summed E-state index contributed by atoms with van der Waals surface area (Å²) in [5, 5.41) is 0. The number of hydrogen-bond acceptors (Lipinski definition) is 9. The number of benzene rings is 1. The van der Waals surface area contributed by atoms with Gasteiger partial charge >= 0.3 is 17.9 Å². The molecule has 146 valence electrons. The van der Waals surface area contributed by atoms with E-state index in [4.69, 9.17) is 23.7 Å². The lowest BCUT2D eigenvalue weighted by Gasteiger charge is -2.32. The number of carbonyl (C=O) groups is 3. The zero-order chi connectivity index (χ0) is 20.1. The van der Waals surface area contributed by atoms with Crippen LogP contribution < -0.4 is 9.64 Å². The first-order valence-electron chi connectivity index (χ1n) is 7.60. The minimum absolute atomic E-state index is 0.0293. The summed E-state index contributed by atoms with van der Waals surface area (Å²) in [5.74, 6) is -1.80. The zero-order valence-corrected chi connectivity index (χ0v) is 16.7. The summed E-state index contributed by atoms with van der Waals surface area (Å²) in [4.78, 5) is 38.1. The molecule has 1 aromatic rings. The molecule has 10 heteroatoms. The molecule has 1 aromatic carbocycles. The van der Waals surface area contributed by atoms with E-state index < -0.39 is 17.9 Å². The first-order chi connectivity index (χ1) is 12.9. The zero-order valence-electron chi connectivity index (χ0n) is 15.2. The molecule has 1 aliphatic heterocycles. The molecule has 0 spiro atoms. The number of rotatable bonds is 5. The molecule has 0 aliphatic carbocycles. The van der Waals surface area contributed by atoms with E-state index in [1.807, 2.05) is 0 Å². The van der Waals surface area contributed by atoms with Crippen molar-refractivity contribution in [3.05, 3.63) is 33.4 Å². The maximum Gasteiger partial charge on any atom is 0.355 e. The van der Waals surface area contributed by atoms with Crippen molar-refractivity contribution in [2.75, 3.05) is 46.7 Å². The van der Waals surface area contributed by atoms with Gasteiger partial charge in [0.05, 0.1) is 56.3 Å². The van der Waals surface area contributed by atoms with Crippen molar-refractivity contribution in [3.63, 3.8) is 0 Å². The lowest BCUT2D eigenvalue weighted by Crippen LogP contribution is -2.39. The summed E-state index contributed by atoms with van der Waals surface area (Å²) in [6, 6.07) is 3.00. The number of anilines is 1. The van der Waals surface area contributed by atoms with Crippen LogP contribution in [-0.2, 0) is 28.5 Å². The van der Waals surface area contributed by atoms with Crippen LogP contribution in [0.1, 0.15) is 10.4 Å². The Morgan fingerprint density at radius 2 is 1.63 bits per heavy atom. The molecular formula is C17H18BrNO8. The molecule has 2 rings (SSSR count). The summed E-state index contributed by atoms with van der Waals surface area (Å²) < 4.78 is 25.5. The molecule has 27 heavy (non-hydrogen) atoms. The third-order valence-electron chi connectivity index (χ3n) is 3.80. The smallest absolute Gasteiger partial charge is 0.355 e. The van der Waals surface area contributed by atoms with Crippen LogP contribution in [0.5, 0.6) is 5.75 Å². The van der Waals surface area contributed by atoms with E-state index in [1.165, 1.54) is 39.4 Å². The number of ether oxygens (including phenoxy) is 5. The van der Waals surface area contributed by atoms with E-state index in [-0.39, 0.29) is 35.9 Å². The van der Waals surface area contributed by atoms with Gasteiger partial charge in [0.15, 0.2) is 0 Å². The lowest BCUT2D eigenvalue weighted by molar-refractivity contribution is -0.140. The first kappa shape index (κ1) is 20.7. The van der Waals surface area contributed by atoms with Crippen molar-refractivity contribution in [2.45, 2.75) is 0 Å². The van der Waals surface area contributed by atoms with Crippen molar-refractivity contribution in [3.8, 4) is 5.75 Å². The van der Waals surface area contributed by atoms with Gasteiger partial charge in [-0.1, -0.05) is 0 Å². The number of esters is 3. The normalized spacial score (nSPS) is 13.9. The van der Waals surface area contributed by atoms with Crippen LogP contribution in [0.15, 0.2) is 27.9 Å². The summed E-state index contributed by atoms with van der Waals surface area (Å²) in [5.41, 5.74) is 0.251. The predicted octanol–water partition coefficient (Wildman–Crippen LogP) is 1.64. The Balaban J connectivity index is 2.73. The van der Waals surface area contributed by atoms with Gasteiger partial charge in [-0.3, -0.25) is 0 Å². The first-order valence-corrected chi connectivity index (χ1v) is 8.39. The standard InChI is InChI=1S/C17H18BrNO8/c1-23-13-5-9(15(20)24-2)12(6-11(13)18)19-8-27-7-10(16(21)25-3)14(19)17(22)26-4/h5-6H,7-8H2,1-4H3. The summed E-state index contributed by atoms with van der Waals surface area (Å²) in [6.45, 7) is -0.244. The predicted molar refractivity (Wildman–Crippen MR) is 96.4 cm³/mol. The van der Waals surface area contributed by atoms with Gasteiger partial charge in [0.2, 0.25) is 0 Å². The van der Waals surface area contributed by atoms with E-state index in [2.05, 4.69) is 15.9 Å². The fourth-order valence-corrected chi connectivity index (χ4v) is 3.02. The molecule has 9 nitrogen and oxygen atoms in total. The van der Waals surface area contributed by atoms with Gasteiger partial charge < -0.3 is 28.6 Å². The SMILES string of the molecule is COC(=O)C1=C(C(=O)OC)N(c2cc(Br)c(OC)cc2C(=O)OC)COC1. The highest BCUT2D eigenvalue weighted by atomic mass is 79.9. The van der Waals surface area contributed by atoms with Gasteiger partial charge in [0, 0.05) is 0 Å². The molecule has 0 aromatic heterocycles. The van der Waals surface area contributed by atoms with Crippen molar-refractivity contribution < 1.29 is 38.1 Å². The second-order valence-corrected chi connectivity index (χ2v) is 6.07. The van der Waals surface area contributed by atoms with Gasteiger partial charge in [-0.25, -0.2) is 14.4 Å². The van der Waals surface area contributed by atoms with Gasteiger partial charge in [-0.2, -0.15) is 0 Å².